The van der Waals surface area contributed by atoms with Crippen LogP contribution in [0.15, 0.2) is 23.8 Å². The molecule has 0 spiro atoms. The number of esters is 1. The number of ether oxygens (including phenoxy) is 3. The van der Waals surface area contributed by atoms with E-state index < -0.39 is 28.0 Å². The summed E-state index contributed by atoms with van der Waals surface area (Å²) in [7, 11) is -3.70. The molecule has 0 amide bonds. The van der Waals surface area contributed by atoms with Gasteiger partial charge >= 0.3 is 5.97 Å². The fraction of sp³-hybridized carbons (Fsp3) is 0.792. The van der Waals surface area contributed by atoms with Crippen LogP contribution in [-0.2, 0) is 33.3 Å². The van der Waals surface area contributed by atoms with Gasteiger partial charge in [-0.3, -0.25) is 4.18 Å². The van der Waals surface area contributed by atoms with E-state index in [0.29, 0.717) is 24.5 Å². The number of hydrogen-bond donors (Lipinski definition) is 0. The molecular weight excluding hydrogens is 432 g/mol. The molecule has 0 aromatic rings. The predicted molar refractivity (Wildman–Crippen MR) is 119 cm³/mol. The van der Waals surface area contributed by atoms with Gasteiger partial charge in [0.2, 0.25) is 0 Å². The number of cyclic esters (lactones) is 1. The molecule has 4 aliphatic rings. The van der Waals surface area contributed by atoms with Gasteiger partial charge in [-0.2, -0.15) is 8.42 Å². The van der Waals surface area contributed by atoms with Crippen LogP contribution in [0.4, 0.5) is 0 Å². The average molecular weight is 469 g/mol. The molecule has 0 radical (unpaired) electrons. The molecule has 180 valence electrons. The van der Waals surface area contributed by atoms with E-state index >= 15 is 0 Å². The average Bonchev–Trinajstić information content (AvgIpc) is 3.00. The summed E-state index contributed by atoms with van der Waals surface area (Å²) in [5.41, 5.74) is 1.39. The van der Waals surface area contributed by atoms with Gasteiger partial charge in [0.05, 0.1) is 24.5 Å². The lowest BCUT2D eigenvalue weighted by molar-refractivity contribution is -0.344. The van der Waals surface area contributed by atoms with Crippen molar-refractivity contribution in [3.8, 4) is 0 Å². The molecule has 0 aromatic carbocycles. The summed E-state index contributed by atoms with van der Waals surface area (Å²) in [4.78, 5) is 12.3. The van der Waals surface area contributed by atoms with Crippen LogP contribution in [0.5, 0.6) is 0 Å². The number of carbonyl (C=O) groups is 1. The predicted octanol–water partition coefficient (Wildman–Crippen LogP) is 3.74. The first-order chi connectivity index (χ1) is 14.8. The maximum absolute atomic E-state index is 12.3. The minimum Gasteiger partial charge on any atom is -0.459 e. The Bertz CT molecular complexity index is 936. The Kier molecular flexibility index (Phi) is 5.93. The van der Waals surface area contributed by atoms with Crippen LogP contribution in [0.2, 0.25) is 0 Å². The molecule has 0 aromatic heterocycles. The molecule has 2 saturated carbocycles. The largest absolute Gasteiger partial charge is 0.459 e. The SMILES string of the molecule is C=C1CCC2C3(C)COC(C)(C)OC3CCC2(C)C1CC=C1C(=O)OCC1OS(C)(=O)=O. The molecule has 4 rings (SSSR count). The maximum Gasteiger partial charge on any atom is 0.336 e. The van der Waals surface area contributed by atoms with E-state index in [4.69, 9.17) is 18.4 Å². The Morgan fingerprint density at radius 2 is 1.91 bits per heavy atom. The lowest BCUT2D eigenvalue weighted by Crippen LogP contribution is -2.62. The molecule has 2 aliphatic heterocycles. The van der Waals surface area contributed by atoms with E-state index in [1.54, 1.807) is 0 Å². The molecule has 4 fully saturated rings. The Morgan fingerprint density at radius 3 is 2.59 bits per heavy atom. The Morgan fingerprint density at radius 1 is 1.19 bits per heavy atom. The lowest BCUT2D eigenvalue weighted by Gasteiger charge is -2.63. The van der Waals surface area contributed by atoms with Crippen LogP contribution in [0.25, 0.3) is 0 Å². The fourth-order valence-corrected chi connectivity index (χ4v) is 7.29. The topological polar surface area (TPSA) is 88.1 Å². The van der Waals surface area contributed by atoms with Crippen LogP contribution in [-0.4, -0.2) is 51.9 Å². The molecule has 2 aliphatic carbocycles. The van der Waals surface area contributed by atoms with Crippen molar-refractivity contribution in [2.45, 2.75) is 77.8 Å². The highest BCUT2D eigenvalue weighted by molar-refractivity contribution is 7.86. The van der Waals surface area contributed by atoms with E-state index in [1.807, 2.05) is 19.9 Å². The van der Waals surface area contributed by atoms with Crippen LogP contribution >= 0.6 is 0 Å². The second-order valence-electron chi connectivity index (χ2n) is 10.9. The minimum atomic E-state index is -3.70. The first-order valence-electron chi connectivity index (χ1n) is 11.5. The Hall–Kier alpha value is -1.22. The minimum absolute atomic E-state index is 0.0124. The van der Waals surface area contributed by atoms with Crippen LogP contribution in [0.3, 0.4) is 0 Å². The van der Waals surface area contributed by atoms with Crippen molar-refractivity contribution in [3.05, 3.63) is 23.8 Å². The van der Waals surface area contributed by atoms with Gasteiger partial charge in [0, 0.05) is 5.41 Å². The number of rotatable bonds is 4. The van der Waals surface area contributed by atoms with Crippen molar-refractivity contribution in [3.63, 3.8) is 0 Å². The van der Waals surface area contributed by atoms with E-state index in [2.05, 4.69) is 20.4 Å². The van der Waals surface area contributed by atoms with Gasteiger partial charge in [-0.25, -0.2) is 4.79 Å². The summed E-state index contributed by atoms with van der Waals surface area (Å²) in [6.07, 6.45) is 6.62. The fourth-order valence-electron chi connectivity index (χ4n) is 6.71. The highest BCUT2D eigenvalue weighted by Crippen LogP contribution is 2.63. The van der Waals surface area contributed by atoms with Crippen molar-refractivity contribution in [1.29, 1.82) is 0 Å². The van der Waals surface area contributed by atoms with Gasteiger partial charge < -0.3 is 14.2 Å². The van der Waals surface area contributed by atoms with Gasteiger partial charge in [0.15, 0.2) is 5.79 Å². The quantitative estimate of drug-likeness (QED) is 0.269. The summed E-state index contributed by atoms with van der Waals surface area (Å²) >= 11 is 0. The zero-order chi connectivity index (χ0) is 23.5. The second kappa shape index (κ2) is 7.93. The molecule has 7 nitrogen and oxygen atoms in total. The summed E-state index contributed by atoms with van der Waals surface area (Å²) in [6, 6.07) is 0. The zero-order valence-electron chi connectivity index (χ0n) is 19.8. The first kappa shape index (κ1) is 23.9. The molecule has 0 N–H and O–H groups in total. The second-order valence-corrected chi connectivity index (χ2v) is 12.5. The maximum atomic E-state index is 12.3. The molecular formula is C24H36O7S. The van der Waals surface area contributed by atoms with Gasteiger partial charge in [0.25, 0.3) is 10.1 Å². The van der Waals surface area contributed by atoms with E-state index in [9.17, 15) is 13.2 Å². The highest BCUT2D eigenvalue weighted by Gasteiger charge is 2.60. The van der Waals surface area contributed by atoms with E-state index in [0.717, 1.165) is 31.9 Å². The first-order valence-corrected chi connectivity index (χ1v) is 13.3. The van der Waals surface area contributed by atoms with Gasteiger partial charge in [-0.05, 0) is 63.2 Å². The third-order valence-electron chi connectivity index (χ3n) is 8.29. The number of carbonyl (C=O) groups excluding carboxylic acids is 1. The Labute approximate surface area is 191 Å². The smallest absolute Gasteiger partial charge is 0.336 e. The molecule has 2 saturated heterocycles. The van der Waals surface area contributed by atoms with Crippen molar-refractivity contribution < 1.29 is 31.6 Å². The molecule has 2 heterocycles. The van der Waals surface area contributed by atoms with Gasteiger partial charge in [-0.1, -0.05) is 32.1 Å². The van der Waals surface area contributed by atoms with Gasteiger partial charge in [0.1, 0.15) is 12.7 Å². The normalized spacial score (nSPS) is 43.0. The van der Waals surface area contributed by atoms with Crippen molar-refractivity contribution in [2.24, 2.45) is 22.7 Å². The lowest BCUT2D eigenvalue weighted by atomic mass is 9.46. The third kappa shape index (κ3) is 4.19. The summed E-state index contributed by atoms with van der Waals surface area (Å²) in [5.74, 6) is -0.489. The van der Waals surface area contributed by atoms with Gasteiger partial charge in [-0.15, -0.1) is 0 Å². The number of hydrogen-bond acceptors (Lipinski definition) is 7. The van der Waals surface area contributed by atoms with Crippen molar-refractivity contribution >= 4 is 16.1 Å². The van der Waals surface area contributed by atoms with E-state index in [1.165, 1.54) is 5.57 Å². The number of fused-ring (bicyclic) bond motifs is 3. The molecule has 8 heteroatoms. The molecule has 0 bridgehead atoms. The third-order valence-corrected chi connectivity index (χ3v) is 8.87. The summed E-state index contributed by atoms with van der Waals surface area (Å²) < 4.78 is 45.8. The zero-order valence-corrected chi connectivity index (χ0v) is 20.6. The molecule has 6 unspecified atom stereocenters. The van der Waals surface area contributed by atoms with Crippen molar-refractivity contribution in [1.82, 2.24) is 0 Å². The standard InChI is InChI=1S/C24H36O7S/c1-15-7-10-19-23(4,12-11-20-24(19,5)14-29-22(2,3)30-20)17(15)9-8-16-18(13-28-21(16)25)31-32(6,26)27/h8,17-20H,1,7,9-14H2,2-6H3. The highest BCUT2D eigenvalue weighted by atomic mass is 32.2. The van der Waals surface area contributed by atoms with Crippen LogP contribution < -0.4 is 0 Å². The van der Waals surface area contributed by atoms with E-state index in [-0.39, 0.29) is 29.5 Å². The molecule has 6 atom stereocenters. The Balaban J connectivity index is 1.59. The monoisotopic (exact) mass is 468 g/mol. The summed E-state index contributed by atoms with van der Waals surface area (Å²) in [6.45, 7) is 13.6. The van der Waals surface area contributed by atoms with Crippen molar-refractivity contribution in [2.75, 3.05) is 19.5 Å². The van der Waals surface area contributed by atoms with Crippen LogP contribution in [0.1, 0.15) is 59.8 Å². The molecule has 32 heavy (non-hydrogen) atoms. The number of allylic oxidation sites excluding steroid dienone is 2. The summed E-state index contributed by atoms with van der Waals surface area (Å²) in [5, 5.41) is 0. The van der Waals surface area contributed by atoms with Crippen LogP contribution in [0, 0.1) is 22.7 Å².